The van der Waals surface area contributed by atoms with Crippen LogP contribution in [0.15, 0.2) is 24.3 Å². The lowest BCUT2D eigenvalue weighted by Crippen LogP contribution is -2.37. The lowest BCUT2D eigenvalue weighted by atomic mass is 10.3. The highest BCUT2D eigenvalue weighted by atomic mass is 16.5. The number of benzene rings is 1. The van der Waals surface area contributed by atoms with Crippen molar-refractivity contribution in [3.05, 3.63) is 24.3 Å². The van der Waals surface area contributed by atoms with Crippen molar-refractivity contribution in [1.29, 1.82) is 5.26 Å². The molecule has 5 nitrogen and oxygen atoms in total. The molecule has 0 aromatic heterocycles. The van der Waals surface area contributed by atoms with E-state index in [0.29, 0.717) is 30.4 Å². The average Bonchev–Trinajstić information content (AvgIpc) is 3.26. The highest BCUT2D eigenvalue weighted by molar-refractivity contribution is 5.43. The number of nitrogens with zero attached hydrogens (tertiary/aromatic N) is 2. The van der Waals surface area contributed by atoms with Crippen LogP contribution < -0.4 is 10.5 Å². The molecule has 3 N–H and O–H groups in total. The maximum atomic E-state index is 10.0. The van der Waals surface area contributed by atoms with Gasteiger partial charge >= 0.3 is 0 Å². The summed E-state index contributed by atoms with van der Waals surface area (Å²) in [7, 11) is 0. The highest BCUT2D eigenvalue weighted by Crippen LogP contribution is 2.27. The van der Waals surface area contributed by atoms with Crippen molar-refractivity contribution >= 4 is 5.69 Å². The lowest BCUT2D eigenvalue weighted by Gasteiger charge is -2.24. The van der Waals surface area contributed by atoms with Crippen molar-refractivity contribution in [2.75, 3.05) is 25.4 Å². The molecular weight excluding hydrogens is 254 g/mol. The van der Waals surface area contributed by atoms with Gasteiger partial charge in [-0.2, -0.15) is 5.26 Å². The molecule has 0 heterocycles. The van der Waals surface area contributed by atoms with Crippen LogP contribution in [0, 0.1) is 11.3 Å². The topological polar surface area (TPSA) is 82.5 Å². The van der Waals surface area contributed by atoms with Crippen LogP contribution in [0.3, 0.4) is 0 Å². The van der Waals surface area contributed by atoms with E-state index in [-0.39, 0.29) is 6.61 Å². The van der Waals surface area contributed by atoms with Crippen LogP contribution in [0.2, 0.25) is 0 Å². The maximum Gasteiger partial charge on any atom is 0.121 e. The Balaban J connectivity index is 1.76. The standard InChI is InChI=1S/C15H21N3O2/c16-7-2-8-18(13-5-6-13)10-14(19)11-20-15-4-1-3-12(17)9-15/h1,3-4,9,13-14,19H,2,5-6,8,10-11,17H2. The fourth-order valence-corrected chi connectivity index (χ4v) is 2.18. The third kappa shape index (κ3) is 4.72. The first-order valence-corrected chi connectivity index (χ1v) is 6.96. The molecule has 1 fully saturated rings. The largest absolute Gasteiger partial charge is 0.491 e. The summed E-state index contributed by atoms with van der Waals surface area (Å²) >= 11 is 0. The van der Waals surface area contributed by atoms with Gasteiger partial charge in [0.15, 0.2) is 0 Å². The number of nitrogens with two attached hydrogens (primary N) is 1. The number of nitriles is 1. The van der Waals surface area contributed by atoms with Crippen molar-refractivity contribution in [3.63, 3.8) is 0 Å². The van der Waals surface area contributed by atoms with Gasteiger partial charge in [0.1, 0.15) is 18.5 Å². The van der Waals surface area contributed by atoms with Gasteiger partial charge in [0.2, 0.25) is 0 Å². The fourth-order valence-electron chi connectivity index (χ4n) is 2.18. The number of aliphatic hydroxyl groups excluding tert-OH is 1. The van der Waals surface area contributed by atoms with Gasteiger partial charge in [-0.25, -0.2) is 0 Å². The summed E-state index contributed by atoms with van der Waals surface area (Å²) in [6.45, 7) is 1.50. The number of ether oxygens (including phenoxy) is 1. The van der Waals surface area contributed by atoms with Crippen molar-refractivity contribution < 1.29 is 9.84 Å². The van der Waals surface area contributed by atoms with Crippen LogP contribution in [0.4, 0.5) is 5.69 Å². The summed E-state index contributed by atoms with van der Waals surface area (Å²) in [5, 5.41) is 18.7. The van der Waals surface area contributed by atoms with E-state index in [1.54, 1.807) is 12.1 Å². The molecule has 1 aliphatic carbocycles. The smallest absolute Gasteiger partial charge is 0.121 e. The zero-order chi connectivity index (χ0) is 14.4. The van der Waals surface area contributed by atoms with E-state index in [1.165, 1.54) is 0 Å². The maximum absolute atomic E-state index is 10.0. The number of aliphatic hydroxyl groups is 1. The van der Waals surface area contributed by atoms with Crippen LogP contribution in [-0.2, 0) is 0 Å². The van der Waals surface area contributed by atoms with E-state index < -0.39 is 6.10 Å². The summed E-state index contributed by atoms with van der Waals surface area (Å²) < 4.78 is 5.53. The van der Waals surface area contributed by atoms with Gasteiger partial charge in [0, 0.05) is 37.3 Å². The molecular formula is C15H21N3O2. The van der Waals surface area contributed by atoms with Gasteiger partial charge in [0.25, 0.3) is 0 Å². The average molecular weight is 275 g/mol. The predicted octanol–water partition coefficient (Wildman–Crippen LogP) is 1.39. The second kappa shape index (κ2) is 7.13. The van der Waals surface area contributed by atoms with Gasteiger partial charge in [-0.15, -0.1) is 0 Å². The predicted molar refractivity (Wildman–Crippen MR) is 77.2 cm³/mol. The molecule has 0 bridgehead atoms. The summed E-state index contributed by atoms with van der Waals surface area (Å²) in [5.41, 5.74) is 6.31. The minimum atomic E-state index is -0.560. The Morgan fingerprint density at radius 2 is 2.30 bits per heavy atom. The molecule has 0 amide bonds. The SMILES string of the molecule is N#CCCN(CC(O)COc1cccc(N)c1)C1CC1. The molecule has 1 aromatic rings. The van der Waals surface area contributed by atoms with E-state index in [4.69, 9.17) is 15.7 Å². The first-order chi connectivity index (χ1) is 9.69. The van der Waals surface area contributed by atoms with Crippen LogP contribution in [0.1, 0.15) is 19.3 Å². The van der Waals surface area contributed by atoms with Crippen molar-refractivity contribution in [2.45, 2.75) is 31.4 Å². The van der Waals surface area contributed by atoms with Gasteiger partial charge < -0.3 is 15.6 Å². The molecule has 1 aliphatic rings. The zero-order valence-electron chi connectivity index (χ0n) is 11.5. The van der Waals surface area contributed by atoms with Gasteiger partial charge in [0.05, 0.1) is 6.07 Å². The number of anilines is 1. The molecule has 1 atom stereocenters. The Bertz CT molecular complexity index is 468. The molecule has 1 unspecified atom stereocenters. The normalized spacial score (nSPS) is 15.8. The van der Waals surface area contributed by atoms with Crippen LogP contribution >= 0.6 is 0 Å². The molecule has 2 rings (SSSR count). The van der Waals surface area contributed by atoms with Gasteiger partial charge in [-0.1, -0.05) is 6.07 Å². The van der Waals surface area contributed by atoms with Gasteiger partial charge in [-0.05, 0) is 25.0 Å². The monoisotopic (exact) mass is 275 g/mol. The third-order valence-electron chi connectivity index (χ3n) is 3.32. The molecule has 1 saturated carbocycles. The lowest BCUT2D eigenvalue weighted by molar-refractivity contribution is 0.0661. The minimum Gasteiger partial charge on any atom is -0.491 e. The number of hydrogen-bond donors (Lipinski definition) is 2. The second-order valence-electron chi connectivity index (χ2n) is 5.17. The summed E-state index contributed by atoms with van der Waals surface area (Å²) in [5.74, 6) is 0.666. The fraction of sp³-hybridized carbons (Fsp3) is 0.533. The molecule has 20 heavy (non-hydrogen) atoms. The summed E-state index contributed by atoms with van der Waals surface area (Å²) in [4.78, 5) is 2.18. The van der Waals surface area contributed by atoms with Crippen LogP contribution in [0.5, 0.6) is 5.75 Å². The van der Waals surface area contributed by atoms with E-state index in [0.717, 1.165) is 19.4 Å². The number of rotatable bonds is 8. The molecule has 0 saturated heterocycles. The van der Waals surface area contributed by atoms with Crippen molar-refractivity contribution in [1.82, 2.24) is 4.90 Å². The number of nitrogen functional groups attached to an aromatic ring is 1. The Labute approximate surface area is 119 Å². The van der Waals surface area contributed by atoms with Crippen molar-refractivity contribution in [2.24, 2.45) is 0 Å². The summed E-state index contributed by atoms with van der Waals surface area (Å²) in [6.07, 6.45) is 2.26. The van der Waals surface area contributed by atoms with Gasteiger partial charge in [-0.3, -0.25) is 4.90 Å². The Morgan fingerprint density at radius 3 is 2.95 bits per heavy atom. The minimum absolute atomic E-state index is 0.235. The van der Waals surface area contributed by atoms with E-state index in [2.05, 4.69) is 11.0 Å². The Morgan fingerprint density at radius 1 is 1.50 bits per heavy atom. The van der Waals surface area contributed by atoms with E-state index in [9.17, 15) is 5.11 Å². The molecule has 108 valence electrons. The Kier molecular flexibility index (Phi) is 5.22. The van der Waals surface area contributed by atoms with E-state index >= 15 is 0 Å². The second-order valence-corrected chi connectivity index (χ2v) is 5.17. The van der Waals surface area contributed by atoms with E-state index in [1.807, 2.05) is 12.1 Å². The summed E-state index contributed by atoms with van der Waals surface area (Å²) in [6, 6.07) is 9.85. The van der Waals surface area contributed by atoms with Crippen molar-refractivity contribution in [3.8, 4) is 11.8 Å². The highest BCUT2D eigenvalue weighted by Gasteiger charge is 2.29. The number of hydrogen-bond acceptors (Lipinski definition) is 5. The van der Waals surface area contributed by atoms with Crippen LogP contribution in [-0.4, -0.2) is 41.8 Å². The molecule has 0 spiro atoms. The first-order valence-electron chi connectivity index (χ1n) is 6.96. The molecule has 0 radical (unpaired) electrons. The molecule has 1 aromatic carbocycles. The first kappa shape index (κ1) is 14.6. The quantitative estimate of drug-likeness (QED) is 0.700. The molecule has 5 heteroatoms. The Hall–Kier alpha value is -1.77. The zero-order valence-corrected chi connectivity index (χ0v) is 11.5. The van der Waals surface area contributed by atoms with Crippen LogP contribution in [0.25, 0.3) is 0 Å². The third-order valence-corrected chi connectivity index (χ3v) is 3.32. The molecule has 0 aliphatic heterocycles.